The van der Waals surface area contributed by atoms with Crippen LogP contribution >= 0.6 is 39.9 Å². The minimum atomic E-state index is -3.73. The molecule has 0 aromatic heterocycles. The van der Waals surface area contributed by atoms with Crippen LogP contribution in [0.25, 0.3) is 0 Å². The lowest BCUT2D eigenvalue weighted by Gasteiger charge is -2.18. The van der Waals surface area contributed by atoms with E-state index >= 15 is 0 Å². The lowest BCUT2D eigenvalue weighted by Crippen LogP contribution is -2.30. The molecule has 1 aliphatic heterocycles. The lowest BCUT2D eigenvalue weighted by molar-refractivity contribution is 0.458. The number of benzene rings is 1. The Bertz CT molecular complexity index is 577. The van der Waals surface area contributed by atoms with Crippen LogP contribution in [0.2, 0.25) is 5.02 Å². The molecule has 20 heavy (non-hydrogen) atoms. The molecular formula is C11H14BrCl2FN2O2S. The van der Waals surface area contributed by atoms with Gasteiger partial charge in [-0.25, -0.2) is 12.8 Å². The van der Waals surface area contributed by atoms with E-state index in [1.165, 1.54) is 4.31 Å². The second-order valence-corrected chi connectivity index (χ2v) is 7.59. The molecular weight excluding hydrogens is 394 g/mol. The molecule has 0 amide bonds. The Kier molecular flexibility index (Phi) is 6.25. The van der Waals surface area contributed by atoms with Gasteiger partial charge in [-0.1, -0.05) is 11.6 Å². The van der Waals surface area contributed by atoms with Gasteiger partial charge in [0.2, 0.25) is 10.0 Å². The summed E-state index contributed by atoms with van der Waals surface area (Å²) >= 11 is 8.93. The summed E-state index contributed by atoms with van der Waals surface area (Å²) in [6, 6.07) is 2.09. The maximum absolute atomic E-state index is 13.2. The number of hydrogen-bond acceptors (Lipinski definition) is 3. The molecule has 2 N–H and O–H groups in total. The van der Waals surface area contributed by atoms with E-state index in [1.807, 2.05) is 0 Å². The van der Waals surface area contributed by atoms with E-state index in [9.17, 15) is 12.8 Å². The van der Waals surface area contributed by atoms with Crippen molar-refractivity contribution >= 4 is 50.0 Å². The highest BCUT2D eigenvalue weighted by molar-refractivity contribution is 9.10. The minimum absolute atomic E-state index is 0. The molecule has 1 atom stereocenters. The molecule has 0 radical (unpaired) electrons. The fraction of sp³-hybridized carbons (Fsp3) is 0.455. The molecule has 0 bridgehead atoms. The van der Waals surface area contributed by atoms with Gasteiger partial charge in [0.1, 0.15) is 10.7 Å². The van der Waals surface area contributed by atoms with Crippen LogP contribution in [0, 0.1) is 11.7 Å². The fourth-order valence-corrected chi connectivity index (χ4v) is 5.39. The normalized spacial score (nSPS) is 19.9. The maximum Gasteiger partial charge on any atom is 0.245 e. The summed E-state index contributed by atoms with van der Waals surface area (Å²) in [5.41, 5.74) is 5.55. The first-order valence-corrected chi connectivity index (χ1v) is 8.32. The summed E-state index contributed by atoms with van der Waals surface area (Å²) in [7, 11) is -3.73. The average molecular weight is 408 g/mol. The van der Waals surface area contributed by atoms with Crippen LogP contribution in [-0.4, -0.2) is 32.4 Å². The third kappa shape index (κ3) is 3.45. The molecule has 1 fully saturated rings. The zero-order valence-electron chi connectivity index (χ0n) is 10.4. The molecule has 1 aliphatic rings. The van der Waals surface area contributed by atoms with Gasteiger partial charge in [-0.15, -0.1) is 12.4 Å². The third-order valence-corrected chi connectivity index (χ3v) is 6.41. The van der Waals surface area contributed by atoms with Gasteiger partial charge in [0.05, 0.1) is 5.02 Å². The Labute approximate surface area is 137 Å². The van der Waals surface area contributed by atoms with Crippen LogP contribution in [0.1, 0.15) is 6.42 Å². The second-order valence-electron chi connectivity index (χ2n) is 4.45. The Balaban J connectivity index is 0.00000200. The summed E-state index contributed by atoms with van der Waals surface area (Å²) in [5.74, 6) is -0.426. The molecule has 1 aromatic carbocycles. The van der Waals surface area contributed by atoms with Crippen molar-refractivity contribution in [2.45, 2.75) is 11.3 Å². The summed E-state index contributed by atoms with van der Waals surface area (Å²) in [4.78, 5) is -0.0896. The maximum atomic E-state index is 13.2. The van der Waals surface area contributed by atoms with Gasteiger partial charge in [-0.3, -0.25) is 0 Å². The van der Waals surface area contributed by atoms with Gasteiger partial charge in [0, 0.05) is 17.6 Å². The van der Waals surface area contributed by atoms with Gasteiger partial charge >= 0.3 is 0 Å². The van der Waals surface area contributed by atoms with E-state index in [4.69, 9.17) is 17.3 Å². The van der Waals surface area contributed by atoms with E-state index in [-0.39, 0.29) is 32.7 Å². The van der Waals surface area contributed by atoms with Crippen LogP contribution < -0.4 is 5.73 Å². The van der Waals surface area contributed by atoms with E-state index in [0.717, 1.165) is 18.6 Å². The molecule has 1 heterocycles. The summed E-state index contributed by atoms with van der Waals surface area (Å²) in [6.45, 7) is 1.23. The molecule has 4 nitrogen and oxygen atoms in total. The van der Waals surface area contributed by atoms with Crippen LogP contribution in [0.3, 0.4) is 0 Å². The fourth-order valence-electron chi connectivity index (χ4n) is 2.11. The largest absolute Gasteiger partial charge is 0.330 e. The van der Waals surface area contributed by atoms with E-state index in [2.05, 4.69) is 15.9 Å². The molecule has 1 saturated heterocycles. The van der Waals surface area contributed by atoms with Crippen LogP contribution in [0.15, 0.2) is 21.5 Å². The van der Waals surface area contributed by atoms with Crippen molar-refractivity contribution in [1.29, 1.82) is 0 Å². The Morgan fingerprint density at radius 2 is 2.15 bits per heavy atom. The number of nitrogens with zero attached hydrogens (tertiary/aromatic N) is 1. The quantitative estimate of drug-likeness (QED) is 0.837. The highest BCUT2D eigenvalue weighted by Crippen LogP contribution is 2.34. The molecule has 0 saturated carbocycles. The van der Waals surface area contributed by atoms with Gasteiger partial charge < -0.3 is 5.73 Å². The molecule has 9 heteroatoms. The third-order valence-electron chi connectivity index (χ3n) is 3.14. The minimum Gasteiger partial charge on any atom is -0.330 e. The van der Waals surface area contributed by atoms with Crippen molar-refractivity contribution in [2.24, 2.45) is 11.7 Å². The van der Waals surface area contributed by atoms with Crippen molar-refractivity contribution in [2.75, 3.05) is 19.6 Å². The molecule has 114 valence electrons. The molecule has 2 rings (SSSR count). The molecule has 1 unspecified atom stereocenters. The van der Waals surface area contributed by atoms with Gasteiger partial charge in [0.15, 0.2) is 0 Å². The van der Waals surface area contributed by atoms with E-state index in [1.54, 1.807) is 0 Å². The zero-order chi connectivity index (χ0) is 14.2. The molecule has 1 aromatic rings. The topological polar surface area (TPSA) is 63.4 Å². The number of hydrogen-bond donors (Lipinski definition) is 1. The van der Waals surface area contributed by atoms with Crippen molar-refractivity contribution in [1.82, 2.24) is 4.31 Å². The van der Waals surface area contributed by atoms with Gasteiger partial charge in [0.25, 0.3) is 0 Å². The predicted octanol–water partition coefficient (Wildman–Crippen LogP) is 2.63. The molecule has 0 aliphatic carbocycles. The average Bonchev–Trinajstić information content (AvgIpc) is 2.75. The van der Waals surface area contributed by atoms with E-state index in [0.29, 0.717) is 19.6 Å². The predicted molar refractivity (Wildman–Crippen MR) is 82.3 cm³/mol. The smallest absolute Gasteiger partial charge is 0.245 e. The Morgan fingerprint density at radius 1 is 1.50 bits per heavy atom. The Hall–Kier alpha value is 0.0800. The standard InChI is InChI=1S/C11H13BrClFN2O2S.ClH/c12-9-3-8(14)4-10(13)11(9)19(17,18)16-2-1-7(5-15)6-16;/h3-4,7H,1-2,5-6,15H2;1H. The highest BCUT2D eigenvalue weighted by Gasteiger charge is 2.34. The number of rotatable bonds is 3. The number of sulfonamides is 1. The second kappa shape index (κ2) is 6.89. The first-order valence-electron chi connectivity index (χ1n) is 5.71. The van der Waals surface area contributed by atoms with Crippen LogP contribution in [0.5, 0.6) is 0 Å². The van der Waals surface area contributed by atoms with E-state index < -0.39 is 15.8 Å². The van der Waals surface area contributed by atoms with Crippen molar-refractivity contribution < 1.29 is 12.8 Å². The van der Waals surface area contributed by atoms with Gasteiger partial charge in [-0.05, 0) is 46.9 Å². The zero-order valence-corrected chi connectivity index (χ0v) is 14.3. The first-order chi connectivity index (χ1) is 8.86. The SMILES string of the molecule is Cl.NCC1CCN(S(=O)(=O)c2c(Cl)cc(F)cc2Br)C1. The number of halogens is 4. The van der Waals surface area contributed by atoms with Gasteiger partial charge in [-0.2, -0.15) is 4.31 Å². The van der Waals surface area contributed by atoms with Crippen molar-refractivity contribution in [3.05, 3.63) is 27.4 Å². The number of nitrogens with two attached hydrogens (primary N) is 1. The Morgan fingerprint density at radius 3 is 2.65 bits per heavy atom. The first kappa shape index (κ1) is 18.1. The molecule has 0 spiro atoms. The lowest BCUT2D eigenvalue weighted by atomic mass is 10.1. The monoisotopic (exact) mass is 406 g/mol. The summed E-state index contributed by atoms with van der Waals surface area (Å²) in [6.07, 6.45) is 0.728. The summed E-state index contributed by atoms with van der Waals surface area (Å²) < 4.78 is 39.6. The summed E-state index contributed by atoms with van der Waals surface area (Å²) in [5, 5.41) is -0.122. The highest BCUT2D eigenvalue weighted by atomic mass is 79.9. The van der Waals surface area contributed by atoms with Crippen LogP contribution in [-0.2, 0) is 10.0 Å². The van der Waals surface area contributed by atoms with Crippen LogP contribution in [0.4, 0.5) is 4.39 Å². The van der Waals surface area contributed by atoms with Crippen molar-refractivity contribution in [3.8, 4) is 0 Å². The van der Waals surface area contributed by atoms with Crippen molar-refractivity contribution in [3.63, 3.8) is 0 Å².